The van der Waals surface area contributed by atoms with Gasteiger partial charge < -0.3 is 5.73 Å². The quantitative estimate of drug-likeness (QED) is 0.689. The number of rotatable bonds is 1. The number of nitrogens with two attached hydrogens (primary N) is 1. The molecule has 1 heterocycles. The number of primary amides is 1. The third-order valence-electron chi connectivity index (χ3n) is 2.35. The summed E-state index contributed by atoms with van der Waals surface area (Å²) in [4.78, 5) is 15.0. The highest BCUT2D eigenvalue weighted by Gasteiger charge is 2.21. The molecule has 1 aliphatic rings. The van der Waals surface area contributed by atoms with Gasteiger partial charge in [0.1, 0.15) is 5.15 Å². The lowest BCUT2D eigenvalue weighted by molar-refractivity contribution is 0.0999. The van der Waals surface area contributed by atoms with Gasteiger partial charge in [-0.15, -0.1) is 0 Å². The molecule has 0 aromatic carbocycles. The molecular weight excluding hydrogens is 188 g/mol. The summed E-state index contributed by atoms with van der Waals surface area (Å²) in [5.41, 5.74) is 7.74. The van der Waals surface area contributed by atoms with Crippen molar-refractivity contribution in [2.24, 2.45) is 5.73 Å². The highest BCUT2D eigenvalue weighted by Crippen LogP contribution is 2.28. The molecular formula is C9H9ClN2O. The molecule has 1 amide bonds. The van der Waals surface area contributed by atoms with Gasteiger partial charge in [-0.05, 0) is 30.4 Å². The van der Waals surface area contributed by atoms with E-state index in [-0.39, 0.29) is 5.15 Å². The molecule has 3 nitrogen and oxygen atoms in total. The Morgan fingerprint density at radius 3 is 3.00 bits per heavy atom. The van der Waals surface area contributed by atoms with E-state index in [0.29, 0.717) is 5.56 Å². The van der Waals surface area contributed by atoms with Gasteiger partial charge in [0.15, 0.2) is 0 Å². The lowest BCUT2D eigenvalue weighted by Crippen LogP contribution is -2.15. The summed E-state index contributed by atoms with van der Waals surface area (Å²) in [6.07, 6.45) is 4.64. The van der Waals surface area contributed by atoms with E-state index in [0.717, 1.165) is 30.4 Å². The van der Waals surface area contributed by atoms with E-state index in [4.69, 9.17) is 17.3 Å². The Kier molecular flexibility index (Phi) is 1.96. The Labute approximate surface area is 80.9 Å². The SMILES string of the molecule is NC(=O)c1c(Cl)ncc2c1CCC2. The molecule has 0 radical (unpaired) electrons. The van der Waals surface area contributed by atoms with Crippen LogP contribution in [0.5, 0.6) is 0 Å². The molecule has 0 aliphatic heterocycles. The van der Waals surface area contributed by atoms with Gasteiger partial charge in [0.25, 0.3) is 5.91 Å². The fourth-order valence-electron chi connectivity index (χ4n) is 1.77. The summed E-state index contributed by atoms with van der Waals surface area (Å²) < 4.78 is 0. The number of aromatic nitrogens is 1. The second kappa shape index (κ2) is 3.00. The van der Waals surface area contributed by atoms with E-state index in [1.165, 1.54) is 0 Å². The molecule has 0 bridgehead atoms. The predicted octanol–water partition coefficient (Wildman–Crippen LogP) is 1.32. The first-order valence-electron chi connectivity index (χ1n) is 4.16. The Hall–Kier alpha value is -1.09. The molecule has 68 valence electrons. The number of fused-ring (bicyclic) bond motifs is 1. The molecule has 4 heteroatoms. The number of carbonyl (C=O) groups excluding carboxylic acids is 1. The van der Waals surface area contributed by atoms with E-state index >= 15 is 0 Å². The number of aryl methyl sites for hydroxylation is 1. The van der Waals surface area contributed by atoms with Crippen LogP contribution < -0.4 is 5.73 Å². The van der Waals surface area contributed by atoms with Gasteiger partial charge in [-0.25, -0.2) is 4.98 Å². The summed E-state index contributed by atoms with van der Waals surface area (Å²) in [5, 5.41) is 0.230. The predicted molar refractivity (Wildman–Crippen MR) is 49.8 cm³/mol. The number of halogens is 1. The van der Waals surface area contributed by atoms with Crippen molar-refractivity contribution in [1.82, 2.24) is 4.98 Å². The summed E-state index contributed by atoms with van der Waals surface area (Å²) >= 11 is 5.79. The maximum absolute atomic E-state index is 11.1. The molecule has 0 saturated carbocycles. The lowest BCUT2D eigenvalue weighted by atomic mass is 10.1. The van der Waals surface area contributed by atoms with Gasteiger partial charge in [-0.3, -0.25) is 4.79 Å². The van der Waals surface area contributed by atoms with Crippen LogP contribution in [-0.4, -0.2) is 10.9 Å². The highest BCUT2D eigenvalue weighted by molar-refractivity contribution is 6.32. The van der Waals surface area contributed by atoms with Crippen LogP contribution in [0, 0.1) is 0 Å². The van der Waals surface area contributed by atoms with E-state index < -0.39 is 5.91 Å². The van der Waals surface area contributed by atoms with Crippen LogP contribution >= 0.6 is 11.6 Å². The molecule has 1 aliphatic carbocycles. The van der Waals surface area contributed by atoms with Gasteiger partial charge in [0.05, 0.1) is 5.56 Å². The van der Waals surface area contributed by atoms with E-state index in [2.05, 4.69) is 4.98 Å². The van der Waals surface area contributed by atoms with Crippen LogP contribution in [0.15, 0.2) is 6.20 Å². The molecule has 13 heavy (non-hydrogen) atoms. The van der Waals surface area contributed by atoms with E-state index in [1.807, 2.05) is 0 Å². The summed E-state index contributed by atoms with van der Waals surface area (Å²) in [7, 11) is 0. The van der Waals surface area contributed by atoms with Crippen LogP contribution in [0.1, 0.15) is 27.9 Å². The number of hydrogen-bond acceptors (Lipinski definition) is 2. The van der Waals surface area contributed by atoms with E-state index in [1.54, 1.807) is 6.20 Å². The first kappa shape index (κ1) is 8.51. The van der Waals surface area contributed by atoms with Crippen LogP contribution in [0.25, 0.3) is 0 Å². The summed E-state index contributed by atoms with van der Waals surface area (Å²) in [6.45, 7) is 0. The summed E-state index contributed by atoms with van der Waals surface area (Å²) in [6, 6.07) is 0. The molecule has 0 fully saturated rings. The third kappa shape index (κ3) is 1.29. The Bertz CT molecular complexity index is 376. The number of pyridine rings is 1. The summed E-state index contributed by atoms with van der Waals surface area (Å²) in [5.74, 6) is -0.476. The topological polar surface area (TPSA) is 56.0 Å². The lowest BCUT2D eigenvalue weighted by Gasteiger charge is -2.05. The van der Waals surface area contributed by atoms with Crippen LogP contribution in [0.4, 0.5) is 0 Å². The third-order valence-corrected chi connectivity index (χ3v) is 2.64. The molecule has 1 aromatic rings. The Morgan fingerprint density at radius 1 is 1.54 bits per heavy atom. The molecule has 2 N–H and O–H groups in total. The Balaban J connectivity index is 2.65. The first-order chi connectivity index (χ1) is 6.20. The molecule has 1 aromatic heterocycles. The number of nitrogens with zero attached hydrogens (tertiary/aromatic N) is 1. The van der Waals surface area contributed by atoms with Crippen molar-refractivity contribution in [2.45, 2.75) is 19.3 Å². The fourth-order valence-corrected chi connectivity index (χ4v) is 2.03. The maximum atomic E-state index is 11.1. The van der Waals surface area contributed by atoms with Gasteiger partial charge in [0.2, 0.25) is 0 Å². The molecule has 2 rings (SSSR count). The van der Waals surface area contributed by atoms with Gasteiger partial charge >= 0.3 is 0 Å². The number of hydrogen-bond donors (Lipinski definition) is 1. The maximum Gasteiger partial charge on any atom is 0.252 e. The average Bonchev–Trinajstić information content (AvgIpc) is 2.50. The van der Waals surface area contributed by atoms with Gasteiger partial charge in [0, 0.05) is 6.20 Å². The second-order valence-electron chi connectivity index (χ2n) is 3.15. The van der Waals surface area contributed by atoms with Gasteiger partial charge in [-0.2, -0.15) is 0 Å². The number of carbonyl (C=O) groups is 1. The van der Waals surface area contributed by atoms with E-state index in [9.17, 15) is 4.79 Å². The van der Waals surface area contributed by atoms with Crippen molar-refractivity contribution in [3.8, 4) is 0 Å². The minimum Gasteiger partial charge on any atom is -0.365 e. The zero-order valence-electron chi connectivity index (χ0n) is 7.01. The molecule has 0 saturated heterocycles. The fraction of sp³-hybridized carbons (Fsp3) is 0.333. The standard InChI is InChI=1S/C9H9ClN2O/c10-8-7(9(11)13)6-3-1-2-5(6)4-12-8/h4H,1-3H2,(H2,11,13). The van der Waals surface area contributed by atoms with Gasteiger partial charge in [-0.1, -0.05) is 11.6 Å². The van der Waals surface area contributed by atoms with Crippen LogP contribution in [0.3, 0.4) is 0 Å². The zero-order chi connectivity index (χ0) is 9.42. The van der Waals surface area contributed by atoms with Crippen molar-refractivity contribution >= 4 is 17.5 Å². The van der Waals surface area contributed by atoms with Crippen molar-refractivity contribution in [3.63, 3.8) is 0 Å². The second-order valence-corrected chi connectivity index (χ2v) is 3.50. The van der Waals surface area contributed by atoms with Crippen molar-refractivity contribution in [1.29, 1.82) is 0 Å². The molecule has 0 atom stereocenters. The smallest absolute Gasteiger partial charge is 0.252 e. The normalized spacial score (nSPS) is 14.2. The average molecular weight is 197 g/mol. The van der Waals surface area contributed by atoms with Crippen molar-refractivity contribution in [3.05, 3.63) is 28.0 Å². The Morgan fingerprint density at radius 2 is 2.31 bits per heavy atom. The van der Waals surface area contributed by atoms with Crippen LogP contribution in [-0.2, 0) is 12.8 Å². The monoisotopic (exact) mass is 196 g/mol. The molecule has 0 unspecified atom stereocenters. The first-order valence-corrected chi connectivity index (χ1v) is 4.54. The number of amides is 1. The minimum absolute atomic E-state index is 0.230. The minimum atomic E-state index is -0.476. The van der Waals surface area contributed by atoms with Crippen molar-refractivity contribution < 1.29 is 4.79 Å². The highest BCUT2D eigenvalue weighted by atomic mass is 35.5. The zero-order valence-corrected chi connectivity index (χ0v) is 7.77. The largest absolute Gasteiger partial charge is 0.365 e. The van der Waals surface area contributed by atoms with Crippen LogP contribution in [0.2, 0.25) is 5.15 Å². The van der Waals surface area contributed by atoms with Crippen molar-refractivity contribution in [2.75, 3.05) is 0 Å². The molecule has 0 spiro atoms.